The number of hydrogen-bond acceptors (Lipinski definition) is 4. The molecule has 150 valence electrons. The second kappa shape index (κ2) is 9.23. The number of anilines is 2. The molecule has 0 spiro atoms. The molecule has 0 saturated carbocycles. The maximum Gasteiger partial charge on any atom is 0.254 e. The highest BCUT2D eigenvalue weighted by Crippen LogP contribution is 2.23. The van der Waals surface area contributed by atoms with Crippen molar-refractivity contribution in [2.24, 2.45) is 5.92 Å². The van der Waals surface area contributed by atoms with E-state index in [2.05, 4.69) is 40.6 Å². The lowest BCUT2D eigenvalue weighted by atomic mass is 9.90. The standard InChI is InChI=1S/C25H24N4O/c26-18-21-6-8-23(9-7-21)28-24-17-22(10-13-27-24)25(30)29-14-11-20(12-15-29)16-19-4-2-1-3-5-19/h1-10,13,17,20H,11-12,14-16H2,(H,27,28). The summed E-state index contributed by atoms with van der Waals surface area (Å²) in [5.74, 6) is 1.30. The maximum absolute atomic E-state index is 13.0. The van der Waals surface area contributed by atoms with E-state index in [0.29, 0.717) is 22.9 Å². The number of nitriles is 1. The average molecular weight is 396 g/mol. The molecule has 2 heterocycles. The van der Waals surface area contributed by atoms with Gasteiger partial charge in [-0.25, -0.2) is 4.98 Å². The van der Waals surface area contributed by atoms with Crippen LogP contribution in [0.5, 0.6) is 0 Å². The lowest BCUT2D eigenvalue weighted by Gasteiger charge is -2.32. The third kappa shape index (κ3) is 4.84. The van der Waals surface area contributed by atoms with Gasteiger partial charge >= 0.3 is 0 Å². The Kier molecular flexibility index (Phi) is 6.05. The Balaban J connectivity index is 1.35. The fourth-order valence-electron chi connectivity index (χ4n) is 3.88. The van der Waals surface area contributed by atoms with Crippen LogP contribution in [0.25, 0.3) is 0 Å². The smallest absolute Gasteiger partial charge is 0.254 e. The fraction of sp³-hybridized carbons (Fsp3) is 0.240. The number of pyridine rings is 1. The number of likely N-dealkylation sites (tertiary alicyclic amines) is 1. The van der Waals surface area contributed by atoms with Crippen molar-refractivity contribution < 1.29 is 4.79 Å². The normalized spacial score (nSPS) is 14.2. The van der Waals surface area contributed by atoms with Crippen LogP contribution < -0.4 is 5.32 Å². The van der Waals surface area contributed by atoms with Crippen molar-refractivity contribution in [3.63, 3.8) is 0 Å². The van der Waals surface area contributed by atoms with Crippen LogP contribution in [-0.2, 0) is 6.42 Å². The molecule has 0 radical (unpaired) electrons. The quantitative estimate of drug-likeness (QED) is 0.673. The highest BCUT2D eigenvalue weighted by Gasteiger charge is 2.24. The molecule has 5 nitrogen and oxygen atoms in total. The first-order valence-corrected chi connectivity index (χ1v) is 10.3. The Bertz CT molecular complexity index is 1030. The molecular formula is C25H24N4O. The molecule has 0 bridgehead atoms. The molecule has 5 heteroatoms. The van der Waals surface area contributed by atoms with Gasteiger partial charge in [0.2, 0.25) is 0 Å². The molecule has 0 unspecified atom stereocenters. The number of amides is 1. The number of carbonyl (C=O) groups excluding carboxylic acids is 1. The van der Waals surface area contributed by atoms with E-state index in [-0.39, 0.29) is 5.91 Å². The van der Waals surface area contributed by atoms with Crippen LogP contribution in [0, 0.1) is 17.2 Å². The van der Waals surface area contributed by atoms with E-state index < -0.39 is 0 Å². The number of hydrogen-bond donors (Lipinski definition) is 1. The van der Waals surface area contributed by atoms with Crippen molar-refractivity contribution in [2.45, 2.75) is 19.3 Å². The van der Waals surface area contributed by atoms with Crippen molar-refractivity contribution in [3.8, 4) is 6.07 Å². The maximum atomic E-state index is 13.0. The molecule has 0 atom stereocenters. The topological polar surface area (TPSA) is 69.0 Å². The van der Waals surface area contributed by atoms with E-state index in [1.807, 2.05) is 23.1 Å². The predicted molar refractivity (Wildman–Crippen MR) is 117 cm³/mol. The van der Waals surface area contributed by atoms with Gasteiger partial charge in [0.15, 0.2) is 0 Å². The minimum atomic E-state index is 0.0541. The number of carbonyl (C=O) groups is 1. The highest BCUT2D eigenvalue weighted by molar-refractivity contribution is 5.95. The largest absolute Gasteiger partial charge is 0.340 e. The van der Waals surface area contributed by atoms with E-state index in [1.165, 1.54) is 5.56 Å². The zero-order valence-electron chi connectivity index (χ0n) is 16.8. The minimum Gasteiger partial charge on any atom is -0.340 e. The molecule has 4 rings (SSSR count). The summed E-state index contributed by atoms with van der Waals surface area (Å²) in [5.41, 5.74) is 3.44. The van der Waals surface area contributed by atoms with Crippen molar-refractivity contribution in [3.05, 3.63) is 89.6 Å². The SMILES string of the molecule is N#Cc1ccc(Nc2cc(C(=O)N3CCC(Cc4ccccc4)CC3)ccn2)cc1. The van der Waals surface area contributed by atoms with Gasteiger partial charge in [0.25, 0.3) is 5.91 Å². The van der Waals surface area contributed by atoms with Gasteiger partial charge in [-0.2, -0.15) is 5.26 Å². The first kappa shape index (κ1) is 19.7. The van der Waals surface area contributed by atoms with E-state index in [9.17, 15) is 4.79 Å². The van der Waals surface area contributed by atoms with E-state index in [0.717, 1.165) is 38.0 Å². The first-order chi connectivity index (χ1) is 14.7. The Morgan fingerprint density at radius 3 is 2.50 bits per heavy atom. The number of aromatic nitrogens is 1. The first-order valence-electron chi connectivity index (χ1n) is 10.3. The van der Waals surface area contributed by atoms with Crippen molar-refractivity contribution >= 4 is 17.4 Å². The van der Waals surface area contributed by atoms with Gasteiger partial charge in [0.05, 0.1) is 11.6 Å². The summed E-state index contributed by atoms with van der Waals surface area (Å²) < 4.78 is 0. The molecule has 1 saturated heterocycles. The third-order valence-corrected chi connectivity index (χ3v) is 5.56. The molecule has 1 amide bonds. The Morgan fingerprint density at radius 1 is 1.07 bits per heavy atom. The van der Waals surface area contributed by atoms with Crippen LogP contribution in [0.3, 0.4) is 0 Å². The number of nitrogens with one attached hydrogen (secondary N) is 1. The molecule has 1 aliphatic rings. The van der Waals surface area contributed by atoms with E-state index in [4.69, 9.17) is 5.26 Å². The summed E-state index contributed by atoms with van der Waals surface area (Å²) in [5, 5.41) is 12.1. The van der Waals surface area contributed by atoms with Gasteiger partial charge in [-0.3, -0.25) is 4.79 Å². The zero-order valence-corrected chi connectivity index (χ0v) is 16.8. The fourth-order valence-corrected chi connectivity index (χ4v) is 3.88. The summed E-state index contributed by atoms with van der Waals surface area (Å²) in [7, 11) is 0. The van der Waals surface area contributed by atoms with Crippen molar-refractivity contribution in [1.82, 2.24) is 9.88 Å². The summed E-state index contributed by atoms with van der Waals surface area (Å²) >= 11 is 0. The zero-order chi connectivity index (χ0) is 20.8. The number of benzene rings is 2. The van der Waals surface area contributed by atoms with Crippen LogP contribution in [0.4, 0.5) is 11.5 Å². The van der Waals surface area contributed by atoms with Crippen LogP contribution in [0.15, 0.2) is 72.9 Å². The summed E-state index contributed by atoms with van der Waals surface area (Å²) in [4.78, 5) is 19.3. The number of piperidine rings is 1. The summed E-state index contributed by atoms with van der Waals surface area (Å²) in [6.45, 7) is 1.58. The van der Waals surface area contributed by atoms with Gasteiger partial charge in [-0.05, 0) is 67.1 Å². The summed E-state index contributed by atoms with van der Waals surface area (Å²) in [6, 6.07) is 23.4. The van der Waals surface area contributed by atoms with Gasteiger partial charge < -0.3 is 10.2 Å². The monoisotopic (exact) mass is 396 g/mol. The number of nitrogens with zero attached hydrogens (tertiary/aromatic N) is 3. The van der Waals surface area contributed by atoms with Crippen molar-refractivity contribution in [1.29, 1.82) is 5.26 Å². The van der Waals surface area contributed by atoms with Gasteiger partial charge in [-0.15, -0.1) is 0 Å². The molecule has 1 aliphatic heterocycles. The molecule has 2 aromatic carbocycles. The third-order valence-electron chi connectivity index (χ3n) is 5.56. The highest BCUT2D eigenvalue weighted by atomic mass is 16.2. The minimum absolute atomic E-state index is 0.0541. The predicted octanol–water partition coefficient (Wildman–Crippen LogP) is 4.79. The number of rotatable bonds is 5. The van der Waals surface area contributed by atoms with Crippen LogP contribution >= 0.6 is 0 Å². The Morgan fingerprint density at radius 2 is 1.80 bits per heavy atom. The molecule has 30 heavy (non-hydrogen) atoms. The Hall–Kier alpha value is -3.65. The molecule has 1 fully saturated rings. The lowest BCUT2D eigenvalue weighted by Crippen LogP contribution is -2.38. The van der Waals surface area contributed by atoms with Gasteiger partial charge in [-0.1, -0.05) is 30.3 Å². The molecule has 0 aliphatic carbocycles. The Labute approximate surface area is 177 Å². The second-order valence-corrected chi connectivity index (χ2v) is 7.67. The van der Waals surface area contributed by atoms with Crippen LogP contribution in [-0.4, -0.2) is 28.9 Å². The van der Waals surface area contributed by atoms with Crippen LogP contribution in [0.2, 0.25) is 0 Å². The molecule has 1 aromatic heterocycles. The summed E-state index contributed by atoms with van der Waals surface area (Å²) in [6.07, 6.45) is 4.79. The molecule has 3 aromatic rings. The average Bonchev–Trinajstić information content (AvgIpc) is 2.80. The van der Waals surface area contributed by atoms with Gasteiger partial charge in [0.1, 0.15) is 5.82 Å². The van der Waals surface area contributed by atoms with Gasteiger partial charge in [0, 0.05) is 30.5 Å². The van der Waals surface area contributed by atoms with Crippen molar-refractivity contribution in [2.75, 3.05) is 18.4 Å². The second-order valence-electron chi connectivity index (χ2n) is 7.67. The molecular weight excluding hydrogens is 372 g/mol. The van der Waals surface area contributed by atoms with Crippen LogP contribution in [0.1, 0.15) is 34.3 Å². The lowest BCUT2D eigenvalue weighted by molar-refractivity contribution is 0.0690. The van der Waals surface area contributed by atoms with E-state index >= 15 is 0 Å². The van der Waals surface area contributed by atoms with E-state index in [1.54, 1.807) is 30.5 Å². The molecule has 1 N–H and O–H groups in total.